The van der Waals surface area contributed by atoms with E-state index in [0.29, 0.717) is 0 Å². The van der Waals surface area contributed by atoms with Gasteiger partial charge in [0.05, 0.1) is 6.61 Å². The van der Waals surface area contributed by atoms with Gasteiger partial charge < -0.3 is 35.3 Å². The molecule has 108 valence electrons. The molecule has 7 N–H and O–H groups in total. The fourth-order valence-electron chi connectivity index (χ4n) is 1.06. The smallest absolute Gasteiger partial charge is 0.394 e. The van der Waals surface area contributed by atoms with Crippen LogP contribution in [0, 0.1) is 0 Å². The van der Waals surface area contributed by atoms with Crippen molar-refractivity contribution in [3.63, 3.8) is 0 Å². The Morgan fingerprint density at radius 1 is 1.11 bits per heavy atom. The Hall–Kier alpha value is -0.420. The zero-order valence-corrected chi connectivity index (χ0v) is 9.92. The Labute approximate surface area is 101 Å². The maximum absolute atomic E-state index is 11.1. The number of hydrogen-bond donors (Lipinski definition) is 7. The average Bonchev–Trinajstić information content (AvgIpc) is 2.30. The SMILES string of the molecule is O=C(CO)[C@@H](OP(=O)(O)O)[C@H](O)[C@H](O)[C@H](O)CO. The molecule has 0 amide bonds. The molecule has 18 heavy (non-hydrogen) atoms. The number of Topliss-reactive ketones (excluding diaryl/α,β-unsaturated/α-hetero) is 1. The van der Waals surface area contributed by atoms with Crippen molar-refractivity contribution in [3.8, 4) is 0 Å². The Kier molecular flexibility index (Phi) is 7.07. The Morgan fingerprint density at radius 2 is 1.61 bits per heavy atom. The molecule has 0 rings (SSSR count). The Balaban J connectivity index is 4.96. The van der Waals surface area contributed by atoms with Gasteiger partial charge in [-0.15, -0.1) is 0 Å². The van der Waals surface area contributed by atoms with Gasteiger partial charge in [0, 0.05) is 0 Å². The summed E-state index contributed by atoms with van der Waals surface area (Å²) in [5.41, 5.74) is 0. The lowest BCUT2D eigenvalue weighted by molar-refractivity contribution is -0.147. The number of carbonyl (C=O) groups excluding carboxylic acids is 1. The molecule has 0 bridgehead atoms. The van der Waals surface area contributed by atoms with Gasteiger partial charge in [-0.1, -0.05) is 0 Å². The number of aliphatic hydroxyl groups is 5. The van der Waals surface area contributed by atoms with E-state index in [0.717, 1.165) is 0 Å². The third-order valence-electron chi connectivity index (χ3n) is 1.97. The van der Waals surface area contributed by atoms with E-state index in [1.54, 1.807) is 0 Å². The number of rotatable bonds is 8. The lowest BCUT2D eigenvalue weighted by atomic mass is 10.0. The van der Waals surface area contributed by atoms with Gasteiger partial charge in [0.2, 0.25) is 0 Å². The summed E-state index contributed by atoms with van der Waals surface area (Å²) in [6, 6.07) is 0. The second-order valence-corrected chi connectivity index (χ2v) is 4.56. The van der Waals surface area contributed by atoms with Crippen LogP contribution < -0.4 is 0 Å². The predicted octanol–water partition coefficient (Wildman–Crippen LogP) is -3.90. The summed E-state index contributed by atoms with van der Waals surface area (Å²) in [7, 11) is -5.17. The van der Waals surface area contributed by atoms with Gasteiger partial charge in [-0.2, -0.15) is 0 Å². The molecule has 0 fully saturated rings. The molecule has 0 aliphatic carbocycles. The summed E-state index contributed by atoms with van der Waals surface area (Å²) in [6.45, 7) is -2.17. The zero-order chi connectivity index (χ0) is 14.5. The van der Waals surface area contributed by atoms with Crippen LogP contribution in [-0.2, 0) is 13.9 Å². The minimum absolute atomic E-state index is 0.964. The van der Waals surface area contributed by atoms with Gasteiger partial charge >= 0.3 is 7.82 Å². The Morgan fingerprint density at radius 3 is 1.94 bits per heavy atom. The quantitative estimate of drug-likeness (QED) is 0.218. The van der Waals surface area contributed by atoms with Crippen molar-refractivity contribution in [2.45, 2.75) is 24.4 Å². The third kappa shape index (κ3) is 5.48. The molecule has 0 aromatic heterocycles. The van der Waals surface area contributed by atoms with E-state index >= 15 is 0 Å². The van der Waals surface area contributed by atoms with Gasteiger partial charge in [0.25, 0.3) is 0 Å². The van der Waals surface area contributed by atoms with Crippen LogP contribution in [0.5, 0.6) is 0 Å². The molecular weight excluding hydrogens is 275 g/mol. The molecular formula is C7H15O10P. The van der Waals surface area contributed by atoms with Crippen LogP contribution in [0.25, 0.3) is 0 Å². The zero-order valence-electron chi connectivity index (χ0n) is 9.03. The fraction of sp³-hybridized carbons (Fsp3) is 0.857. The van der Waals surface area contributed by atoms with Crippen LogP contribution in [0.4, 0.5) is 0 Å². The maximum atomic E-state index is 11.1. The second-order valence-electron chi connectivity index (χ2n) is 3.37. The summed E-state index contributed by atoms with van der Waals surface area (Å²) in [6.07, 6.45) is -8.43. The first-order valence-electron chi connectivity index (χ1n) is 4.66. The maximum Gasteiger partial charge on any atom is 0.470 e. The lowest BCUT2D eigenvalue weighted by Gasteiger charge is -2.27. The summed E-state index contributed by atoms with van der Waals surface area (Å²) in [4.78, 5) is 28.1. The highest BCUT2D eigenvalue weighted by Gasteiger charge is 2.39. The number of phosphoric acid groups is 1. The lowest BCUT2D eigenvalue weighted by Crippen LogP contribution is -2.50. The monoisotopic (exact) mass is 290 g/mol. The largest absolute Gasteiger partial charge is 0.470 e. The molecule has 0 aromatic carbocycles. The first-order chi connectivity index (χ1) is 8.14. The van der Waals surface area contributed by atoms with E-state index in [1.165, 1.54) is 0 Å². The molecule has 10 nitrogen and oxygen atoms in total. The fourth-order valence-corrected chi connectivity index (χ4v) is 1.60. The van der Waals surface area contributed by atoms with Crippen LogP contribution in [0.3, 0.4) is 0 Å². The molecule has 0 heterocycles. The summed E-state index contributed by atoms with van der Waals surface area (Å²) < 4.78 is 14.5. The van der Waals surface area contributed by atoms with Crippen LogP contribution in [0.1, 0.15) is 0 Å². The molecule has 0 unspecified atom stereocenters. The number of aliphatic hydroxyl groups excluding tert-OH is 5. The number of carbonyl (C=O) groups is 1. The van der Waals surface area contributed by atoms with Crippen LogP contribution in [0.2, 0.25) is 0 Å². The molecule has 0 spiro atoms. The molecule has 0 radical (unpaired) electrons. The molecule has 0 aliphatic heterocycles. The number of ketones is 1. The highest BCUT2D eigenvalue weighted by atomic mass is 31.2. The van der Waals surface area contributed by atoms with Crippen molar-refractivity contribution in [1.29, 1.82) is 0 Å². The van der Waals surface area contributed by atoms with Gasteiger partial charge in [0.1, 0.15) is 24.9 Å². The predicted molar refractivity (Wildman–Crippen MR) is 54.1 cm³/mol. The summed E-state index contributed by atoms with van der Waals surface area (Å²) >= 11 is 0. The highest BCUT2D eigenvalue weighted by molar-refractivity contribution is 7.46. The highest BCUT2D eigenvalue weighted by Crippen LogP contribution is 2.38. The van der Waals surface area contributed by atoms with Crippen molar-refractivity contribution < 1.29 is 49.2 Å². The topological polar surface area (TPSA) is 185 Å². The molecule has 0 saturated heterocycles. The van der Waals surface area contributed by atoms with E-state index < -0.39 is 51.2 Å². The first kappa shape index (κ1) is 17.6. The van der Waals surface area contributed by atoms with Gasteiger partial charge in [-0.25, -0.2) is 4.57 Å². The molecule has 0 saturated carbocycles. The Bertz CT molecular complexity index is 313. The molecule has 11 heteroatoms. The first-order valence-corrected chi connectivity index (χ1v) is 6.19. The van der Waals surface area contributed by atoms with E-state index in [4.69, 9.17) is 25.1 Å². The van der Waals surface area contributed by atoms with E-state index in [9.17, 15) is 19.6 Å². The standard InChI is InChI=1S/C7H15O10P/c8-1-3(10)5(12)6(13)7(4(11)2-9)17-18(14,15)16/h3,5-10,12-13H,1-2H2,(H2,14,15,16)/t3-,5-,6-,7-/m1/s1. The van der Waals surface area contributed by atoms with Crippen LogP contribution >= 0.6 is 7.82 Å². The van der Waals surface area contributed by atoms with Crippen molar-refractivity contribution in [1.82, 2.24) is 0 Å². The average molecular weight is 290 g/mol. The molecule has 0 aliphatic rings. The molecule has 0 aromatic rings. The van der Waals surface area contributed by atoms with Crippen molar-refractivity contribution in [2.24, 2.45) is 0 Å². The number of hydrogen-bond acceptors (Lipinski definition) is 8. The van der Waals surface area contributed by atoms with Crippen molar-refractivity contribution >= 4 is 13.6 Å². The second kappa shape index (κ2) is 7.24. The summed E-state index contributed by atoms with van der Waals surface area (Å²) in [5.74, 6) is -1.31. The minimum Gasteiger partial charge on any atom is -0.394 e. The van der Waals surface area contributed by atoms with Gasteiger partial charge in [0.15, 0.2) is 11.9 Å². The minimum atomic E-state index is -5.17. The normalized spacial score (nSPS) is 19.1. The summed E-state index contributed by atoms with van der Waals surface area (Å²) in [5, 5.41) is 44.8. The molecule has 4 atom stereocenters. The third-order valence-corrected chi connectivity index (χ3v) is 2.47. The van der Waals surface area contributed by atoms with Crippen LogP contribution in [-0.4, -0.2) is 78.7 Å². The van der Waals surface area contributed by atoms with Gasteiger partial charge in [-0.3, -0.25) is 9.32 Å². The van der Waals surface area contributed by atoms with Crippen molar-refractivity contribution in [2.75, 3.05) is 13.2 Å². The van der Waals surface area contributed by atoms with Crippen molar-refractivity contribution in [3.05, 3.63) is 0 Å². The van der Waals surface area contributed by atoms with Crippen LogP contribution in [0.15, 0.2) is 0 Å². The van der Waals surface area contributed by atoms with E-state index in [-0.39, 0.29) is 0 Å². The van der Waals surface area contributed by atoms with Gasteiger partial charge in [-0.05, 0) is 0 Å². The van der Waals surface area contributed by atoms with E-state index in [2.05, 4.69) is 4.52 Å². The number of phosphoric ester groups is 1. The van der Waals surface area contributed by atoms with E-state index in [1.807, 2.05) is 0 Å².